The van der Waals surface area contributed by atoms with Crippen molar-refractivity contribution in [3.05, 3.63) is 22.3 Å². The summed E-state index contributed by atoms with van der Waals surface area (Å²) in [5.41, 5.74) is 0. The molecule has 11 heavy (non-hydrogen) atoms. The lowest BCUT2D eigenvalue weighted by Gasteiger charge is -1.96. The Labute approximate surface area is 63.0 Å². The van der Waals surface area contributed by atoms with E-state index in [4.69, 9.17) is 0 Å². The number of nitrogens with zero attached hydrogens (tertiary/aromatic N) is 4. The molecule has 0 saturated heterocycles. The molecular weight excluding hydrogens is 148 g/mol. The summed E-state index contributed by atoms with van der Waals surface area (Å²) >= 11 is 0. The second-order valence-electron chi connectivity index (χ2n) is 1.98. The van der Waals surface area contributed by atoms with Crippen LogP contribution < -0.4 is 0 Å². The van der Waals surface area contributed by atoms with Crippen molar-refractivity contribution < 1.29 is 4.92 Å². The topological polar surface area (TPSA) is 73.8 Å². The minimum Gasteiger partial charge on any atom is -0.264 e. The van der Waals surface area contributed by atoms with Crippen LogP contribution >= 0.6 is 0 Å². The predicted molar refractivity (Wildman–Crippen MR) is 36.4 cm³/mol. The molecule has 0 N–H and O–H groups in total. The van der Waals surface area contributed by atoms with Gasteiger partial charge in [0.25, 0.3) is 6.54 Å². The third-order valence-corrected chi connectivity index (χ3v) is 1.27. The highest BCUT2D eigenvalue weighted by Gasteiger charge is 2.07. The van der Waals surface area contributed by atoms with Gasteiger partial charge in [0.2, 0.25) is 0 Å². The molecule has 0 atom stereocenters. The van der Waals surface area contributed by atoms with Crippen molar-refractivity contribution in [2.75, 3.05) is 0 Å². The number of hydrogen-bond donors (Lipinski definition) is 0. The molecule has 0 saturated carbocycles. The predicted octanol–water partition coefficient (Wildman–Crippen LogP) is 0.0747. The molecule has 0 radical (unpaired) electrons. The summed E-state index contributed by atoms with van der Waals surface area (Å²) in [6, 6.07) is 0. The average molecular weight is 156 g/mol. The number of aryl methyl sites for hydroxylation is 1. The molecule has 0 spiro atoms. The molecule has 0 aromatic carbocycles. The van der Waals surface area contributed by atoms with E-state index < -0.39 is 4.92 Å². The van der Waals surface area contributed by atoms with Crippen LogP contribution in [0.3, 0.4) is 0 Å². The second kappa shape index (κ2) is 3.09. The molecule has 60 valence electrons. The van der Waals surface area contributed by atoms with Crippen molar-refractivity contribution in [1.29, 1.82) is 0 Å². The zero-order valence-corrected chi connectivity index (χ0v) is 6.10. The molecule has 0 bridgehead atoms. The van der Waals surface area contributed by atoms with Crippen LogP contribution in [0, 0.1) is 10.1 Å². The van der Waals surface area contributed by atoms with Gasteiger partial charge in [-0.15, -0.1) is 0 Å². The summed E-state index contributed by atoms with van der Waals surface area (Å²) in [7, 11) is 0. The van der Waals surface area contributed by atoms with Crippen LogP contribution in [0.5, 0.6) is 0 Å². The van der Waals surface area contributed by atoms with Gasteiger partial charge in [0.1, 0.15) is 6.33 Å². The summed E-state index contributed by atoms with van der Waals surface area (Å²) in [5, 5.41) is 13.8. The van der Waals surface area contributed by atoms with Crippen molar-refractivity contribution in [2.45, 2.75) is 20.0 Å². The van der Waals surface area contributed by atoms with Gasteiger partial charge < -0.3 is 0 Å². The van der Waals surface area contributed by atoms with Crippen LogP contribution in [-0.4, -0.2) is 19.7 Å². The van der Waals surface area contributed by atoms with E-state index in [1.165, 1.54) is 11.0 Å². The lowest BCUT2D eigenvalue weighted by molar-refractivity contribution is -0.498. The van der Waals surface area contributed by atoms with E-state index in [9.17, 15) is 10.1 Å². The molecule has 0 fully saturated rings. The molecule has 1 rings (SSSR count). The summed E-state index contributed by atoms with van der Waals surface area (Å²) in [6.45, 7) is 2.22. The summed E-state index contributed by atoms with van der Waals surface area (Å²) in [4.78, 5) is 13.4. The van der Waals surface area contributed by atoms with Gasteiger partial charge in [-0.2, -0.15) is 5.10 Å². The van der Waals surface area contributed by atoms with E-state index in [1.54, 1.807) is 0 Å². The first-order chi connectivity index (χ1) is 5.24. The lowest BCUT2D eigenvalue weighted by atomic mass is 10.6. The monoisotopic (exact) mass is 156 g/mol. The van der Waals surface area contributed by atoms with Gasteiger partial charge in [0.05, 0.1) is 0 Å². The first-order valence-corrected chi connectivity index (χ1v) is 3.22. The molecule has 1 aromatic rings. The Morgan fingerprint density at radius 3 is 3.09 bits per heavy atom. The normalized spacial score (nSPS) is 9.91. The van der Waals surface area contributed by atoms with Gasteiger partial charge >= 0.3 is 0 Å². The number of rotatable bonds is 3. The highest BCUT2D eigenvalue weighted by atomic mass is 16.6. The van der Waals surface area contributed by atoms with Crippen molar-refractivity contribution >= 4 is 0 Å². The highest BCUT2D eigenvalue weighted by Crippen LogP contribution is 1.94. The summed E-state index contributed by atoms with van der Waals surface area (Å²) < 4.78 is 1.50. The number of nitro groups is 1. The second-order valence-corrected chi connectivity index (χ2v) is 1.98. The fourth-order valence-corrected chi connectivity index (χ4v) is 0.790. The van der Waals surface area contributed by atoms with Crippen molar-refractivity contribution in [2.24, 2.45) is 0 Å². The Kier molecular flexibility index (Phi) is 2.15. The van der Waals surface area contributed by atoms with Crippen LogP contribution in [0.25, 0.3) is 0 Å². The lowest BCUT2D eigenvalue weighted by Crippen LogP contribution is -2.08. The van der Waals surface area contributed by atoms with E-state index in [1.807, 2.05) is 6.92 Å². The van der Waals surface area contributed by atoms with E-state index in [0.29, 0.717) is 12.4 Å². The van der Waals surface area contributed by atoms with Gasteiger partial charge in [-0.1, -0.05) is 0 Å². The first kappa shape index (κ1) is 7.64. The maximum atomic E-state index is 10.1. The minimum atomic E-state index is -0.420. The zero-order chi connectivity index (χ0) is 8.27. The van der Waals surface area contributed by atoms with Gasteiger partial charge in [-0.3, -0.25) is 10.1 Å². The Balaban J connectivity index is 2.76. The Morgan fingerprint density at radius 2 is 2.55 bits per heavy atom. The third-order valence-electron chi connectivity index (χ3n) is 1.27. The molecule has 6 nitrogen and oxygen atoms in total. The maximum absolute atomic E-state index is 10.1. The van der Waals surface area contributed by atoms with Crippen LogP contribution in [0.4, 0.5) is 0 Å². The number of hydrogen-bond acceptors (Lipinski definition) is 4. The zero-order valence-electron chi connectivity index (χ0n) is 6.10. The van der Waals surface area contributed by atoms with Gasteiger partial charge in [0.15, 0.2) is 5.82 Å². The van der Waals surface area contributed by atoms with Crippen LogP contribution in [0.15, 0.2) is 6.33 Å². The van der Waals surface area contributed by atoms with Crippen LogP contribution in [0.1, 0.15) is 12.7 Å². The SMILES string of the molecule is CCn1ncnc1C[N+](=O)[O-]. The average Bonchev–Trinajstić information content (AvgIpc) is 2.34. The maximum Gasteiger partial charge on any atom is 0.262 e. The minimum absolute atomic E-state index is 0.256. The fourth-order valence-electron chi connectivity index (χ4n) is 0.790. The van der Waals surface area contributed by atoms with Gasteiger partial charge in [-0.25, -0.2) is 9.67 Å². The van der Waals surface area contributed by atoms with E-state index in [0.717, 1.165) is 0 Å². The van der Waals surface area contributed by atoms with Crippen LogP contribution in [0.2, 0.25) is 0 Å². The quantitative estimate of drug-likeness (QED) is 0.458. The molecule has 0 aliphatic carbocycles. The van der Waals surface area contributed by atoms with Crippen molar-refractivity contribution in [1.82, 2.24) is 14.8 Å². The molecule has 1 heterocycles. The Hall–Kier alpha value is -1.46. The highest BCUT2D eigenvalue weighted by molar-refractivity contribution is 4.80. The molecule has 0 unspecified atom stereocenters. The smallest absolute Gasteiger partial charge is 0.262 e. The Morgan fingerprint density at radius 1 is 1.82 bits per heavy atom. The Bertz CT molecular complexity index is 257. The van der Waals surface area contributed by atoms with Crippen molar-refractivity contribution in [3.63, 3.8) is 0 Å². The molecule has 1 aromatic heterocycles. The molecule has 0 amide bonds. The van der Waals surface area contributed by atoms with Gasteiger partial charge in [-0.05, 0) is 6.92 Å². The van der Waals surface area contributed by atoms with Crippen LogP contribution in [-0.2, 0) is 13.1 Å². The van der Waals surface area contributed by atoms with E-state index >= 15 is 0 Å². The third kappa shape index (κ3) is 1.73. The molecule has 0 aliphatic rings. The largest absolute Gasteiger partial charge is 0.264 e. The molecule has 0 aliphatic heterocycles. The van der Waals surface area contributed by atoms with Gasteiger partial charge in [0, 0.05) is 11.5 Å². The van der Waals surface area contributed by atoms with Crippen molar-refractivity contribution in [3.8, 4) is 0 Å². The fraction of sp³-hybridized carbons (Fsp3) is 0.600. The molecular formula is C5H8N4O2. The van der Waals surface area contributed by atoms with E-state index in [2.05, 4.69) is 10.1 Å². The first-order valence-electron chi connectivity index (χ1n) is 3.22. The number of aromatic nitrogens is 3. The molecule has 6 heteroatoms. The summed E-state index contributed by atoms with van der Waals surface area (Å²) in [5.74, 6) is 0.400. The van der Waals surface area contributed by atoms with E-state index in [-0.39, 0.29) is 6.54 Å². The summed E-state index contributed by atoms with van der Waals surface area (Å²) in [6.07, 6.45) is 1.32. The standard InChI is InChI=1S/C5H8N4O2/c1-2-8-5(3-9(10)11)6-4-7-8/h4H,2-3H2,1H3.